The molecule has 0 radical (unpaired) electrons. The SMILES string of the molecule is CN=C(NCCS(=O)(=O)N1CC(C)OC(C)C1)NC(C)CCC(C)C. The number of sulfonamides is 1. The average molecular weight is 377 g/mol. The minimum Gasteiger partial charge on any atom is -0.373 e. The van der Waals surface area contributed by atoms with E-state index in [9.17, 15) is 8.42 Å². The molecule has 0 aromatic heterocycles. The summed E-state index contributed by atoms with van der Waals surface area (Å²) >= 11 is 0. The molecule has 3 unspecified atom stereocenters. The zero-order valence-corrected chi connectivity index (χ0v) is 17.4. The van der Waals surface area contributed by atoms with Gasteiger partial charge in [-0.3, -0.25) is 4.99 Å². The van der Waals surface area contributed by atoms with Crippen LogP contribution in [-0.4, -0.2) is 69.4 Å². The molecule has 7 nitrogen and oxygen atoms in total. The number of hydrogen-bond acceptors (Lipinski definition) is 4. The van der Waals surface area contributed by atoms with Crippen molar-refractivity contribution in [3.63, 3.8) is 0 Å². The van der Waals surface area contributed by atoms with Crippen molar-refractivity contribution in [1.82, 2.24) is 14.9 Å². The Morgan fingerprint density at radius 2 is 1.80 bits per heavy atom. The number of nitrogens with one attached hydrogen (secondary N) is 2. The molecule has 0 saturated carbocycles. The lowest BCUT2D eigenvalue weighted by Crippen LogP contribution is -2.50. The first kappa shape index (κ1) is 22.2. The Morgan fingerprint density at radius 1 is 1.20 bits per heavy atom. The second kappa shape index (κ2) is 10.3. The normalized spacial score (nSPS) is 24.4. The molecule has 1 rings (SSSR count). The fourth-order valence-corrected chi connectivity index (χ4v) is 4.36. The van der Waals surface area contributed by atoms with E-state index < -0.39 is 10.0 Å². The molecule has 1 heterocycles. The maximum atomic E-state index is 12.5. The molecule has 8 heteroatoms. The van der Waals surface area contributed by atoms with Gasteiger partial charge in [-0.1, -0.05) is 13.8 Å². The molecule has 1 fully saturated rings. The van der Waals surface area contributed by atoms with Crippen LogP contribution < -0.4 is 10.6 Å². The second-order valence-corrected chi connectivity index (χ2v) is 9.49. The van der Waals surface area contributed by atoms with E-state index in [1.807, 2.05) is 13.8 Å². The van der Waals surface area contributed by atoms with Crippen LogP contribution in [0.4, 0.5) is 0 Å². The monoisotopic (exact) mass is 376 g/mol. The van der Waals surface area contributed by atoms with Crippen LogP contribution in [-0.2, 0) is 14.8 Å². The molecule has 2 N–H and O–H groups in total. The zero-order chi connectivity index (χ0) is 19.0. The molecule has 0 bridgehead atoms. The molecular formula is C17H36N4O3S. The maximum absolute atomic E-state index is 12.5. The van der Waals surface area contributed by atoms with Gasteiger partial charge in [0.2, 0.25) is 10.0 Å². The van der Waals surface area contributed by atoms with E-state index in [1.54, 1.807) is 7.05 Å². The summed E-state index contributed by atoms with van der Waals surface area (Å²) in [5.74, 6) is 1.37. The lowest BCUT2D eigenvalue weighted by molar-refractivity contribution is -0.0440. The fourth-order valence-electron chi connectivity index (χ4n) is 2.87. The smallest absolute Gasteiger partial charge is 0.216 e. The number of rotatable bonds is 8. The van der Waals surface area contributed by atoms with Gasteiger partial charge in [-0.15, -0.1) is 0 Å². The number of hydrogen-bond donors (Lipinski definition) is 2. The van der Waals surface area contributed by atoms with Crippen LogP contribution in [0.25, 0.3) is 0 Å². The molecule has 1 aliphatic heterocycles. The zero-order valence-electron chi connectivity index (χ0n) is 16.6. The van der Waals surface area contributed by atoms with E-state index in [4.69, 9.17) is 4.74 Å². The Balaban J connectivity index is 2.43. The van der Waals surface area contributed by atoms with Crippen LogP contribution in [0.3, 0.4) is 0 Å². The number of nitrogens with zero attached hydrogens (tertiary/aromatic N) is 2. The van der Waals surface area contributed by atoms with Crippen LogP contribution in [0, 0.1) is 5.92 Å². The van der Waals surface area contributed by atoms with Gasteiger partial charge < -0.3 is 15.4 Å². The lowest BCUT2D eigenvalue weighted by Gasteiger charge is -2.34. The lowest BCUT2D eigenvalue weighted by atomic mass is 10.0. The van der Waals surface area contributed by atoms with Crippen molar-refractivity contribution in [2.75, 3.05) is 32.4 Å². The van der Waals surface area contributed by atoms with E-state index in [0.29, 0.717) is 37.6 Å². The summed E-state index contributed by atoms with van der Waals surface area (Å²) in [7, 11) is -1.60. The third kappa shape index (κ3) is 8.37. The van der Waals surface area contributed by atoms with Gasteiger partial charge >= 0.3 is 0 Å². The molecule has 3 atom stereocenters. The first-order chi connectivity index (χ1) is 11.6. The van der Waals surface area contributed by atoms with Crippen LogP contribution in [0.1, 0.15) is 47.5 Å². The fraction of sp³-hybridized carbons (Fsp3) is 0.941. The standard InChI is InChI=1S/C17H36N4O3S/c1-13(2)7-8-14(3)20-17(18-6)19-9-10-25(22,23)21-11-15(4)24-16(5)12-21/h13-16H,7-12H2,1-6H3,(H2,18,19,20). The summed E-state index contributed by atoms with van der Waals surface area (Å²) in [6, 6.07) is 0.297. The summed E-state index contributed by atoms with van der Waals surface area (Å²) in [6.45, 7) is 11.5. The van der Waals surface area contributed by atoms with E-state index >= 15 is 0 Å². The van der Waals surface area contributed by atoms with Gasteiger partial charge in [0.25, 0.3) is 0 Å². The van der Waals surface area contributed by atoms with Crippen molar-refractivity contribution in [3.05, 3.63) is 0 Å². The van der Waals surface area contributed by atoms with Crippen LogP contribution in [0.15, 0.2) is 4.99 Å². The molecule has 25 heavy (non-hydrogen) atoms. The third-order valence-electron chi connectivity index (χ3n) is 4.22. The number of ether oxygens (including phenoxy) is 1. The summed E-state index contributed by atoms with van der Waals surface area (Å²) in [5, 5.41) is 6.42. The van der Waals surface area contributed by atoms with Gasteiger partial charge in [0.05, 0.1) is 18.0 Å². The van der Waals surface area contributed by atoms with Gasteiger partial charge in [-0.05, 0) is 39.5 Å². The maximum Gasteiger partial charge on any atom is 0.216 e. The van der Waals surface area contributed by atoms with Crippen molar-refractivity contribution in [2.24, 2.45) is 10.9 Å². The summed E-state index contributed by atoms with van der Waals surface area (Å²) in [5.41, 5.74) is 0. The molecule has 0 aromatic carbocycles. The highest BCUT2D eigenvalue weighted by atomic mass is 32.2. The van der Waals surface area contributed by atoms with E-state index in [1.165, 1.54) is 4.31 Å². The Bertz CT molecular complexity index is 512. The first-order valence-corrected chi connectivity index (χ1v) is 10.9. The minimum atomic E-state index is -3.29. The molecule has 1 aliphatic rings. The van der Waals surface area contributed by atoms with Gasteiger partial charge in [0, 0.05) is 32.7 Å². The van der Waals surface area contributed by atoms with E-state index in [0.717, 1.165) is 12.8 Å². The van der Waals surface area contributed by atoms with E-state index in [2.05, 4.69) is 36.4 Å². The number of morpholine rings is 1. The van der Waals surface area contributed by atoms with Crippen LogP contribution >= 0.6 is 0 Å². The Labute approximate surface area is 153 Å². The van der Waals surface area contributed by atoms with Crippen LogP contribution in [0.5, 0.6) is 0 Å². The second-order valence-electron chi connectivity index (χ2n) is 7.41. The van der Waals surface area contributed by atoms with E-state index in [-0.39, 0.29) is 18.0 Å². The molecule has 148 valence electrons. The van der Waals surface area contributed by atoms with Gasteiger partial charge in [-0.2, -0.15) is 4.31 Å². The van der Waals surface area contributed by atoms with Gasteiger partial charge in [-0.25, -0.2) is 8.42 Å². The highest BCUT2D eigenvalue weighted by Crippen LogP contribution is 2.14. The Kier molecular flexibility index (Phi) is 9.16. The van der Waals surface area contributed by atoms with Crippen LogP contribution in [0.2, 0.25) is 0 Å². The summed E-state index contributed by atoms with van der Waals surface area (Å²) in [4.78, 5) is 4.18. The first-order valence-electron chi connectivity index (χ1n) is 9.24. The Hall–Kier alpha value is -0.860. The summed E-state index contributed by atoms with van der Waals surface area (Å²) in [6.07, 6.45) is 2.07. The van der Waals surface area contributed by atoms with Crippen molar-refractivity contribution in [3.8, 4) is 0 Å². The predicted molar refractivity (Wildman–Crippen MR) is 103 cm³/mol. The molecule has 1 saturated heterocycles. The predicted octanol–water partition coefficient (Wildman–Crippen LogP) is 1.42. The minimum absolute atomic E-state index is 0.0491. The third-order valence-corrected chi connectivity index (χ3v) is 6.02. The van der Waals surface area contributed by atoms with Crippen molar-refractivity contribution >= 4 is 16.0 Å². The molecular weight excluding hydrogens is 340 g/mol. The number of aliphatic imine (C=N–C) groups is 1. The van der Waals surface area contributed by atoms with Gasteiger partial charge in [0.1, 0.15) is 0 Å². The molecule has 0 aromatic rings. The molecule has 0 spiro atoms. The average Bonchev–Trinajstić information content (AvgIpc) is 2.50. The highest BCUT2D eigenvalue weighted by Gasteiger charge is 2.30. The van der Waals surface area contributed by atoms with Crippen molar-refractivity contribution < 1.29 is 13.2 Å². The number of guanidine groups is 1. The van der Waals surface area contributed by atoms with Crippen molar-refractivity contribution in [2.45, 2.75) is 65.7 Å². The quantitative estimate of drug-likeness (QED) is 0.494. The topological polar surface area (TPSA) is 83.0 Å². The molecule has 0 aliphatic carbocycles. The van der Waals surface area contributed by atoms with Gasteiger partial charge in [0.15, 0.2) is 5.96 Å². The van der Waals surface area contributed by atoms with Crippen molar-refractivity contribution in [1.29, 1.82) is 0 Å². The Morgan fingerprint density at radius 3 is 2.32 bits per heavy atom. The largest absolute Gasteiger partial charge is 0.373 e. The highest BCUT2D eigenvalue weighted by molar-refractivity contribution is 7.89. The molecule has 0 amide bonds. The summed E-state index contributed by atoms with van der Waals surface area (Å²) < 4.78 is 32.2.